The van der Waals surface area contributed by atoms with Gasteiger partial charge in [-0.25, -0.2) is 13.2 Å². The van der Waals surface area contributed by atoms with Gasteiger partial charge in [0.2, 0.25) is 0 Å². The molecule has 0 bridgehead atoms. The first-order valence-electron chi connectivity index (χ1n) is 7.83. The molecule has 1 aliphatic rings. The summed E-state index contributed by atoms with van der Waals surface area (Å²) in [4.78, 5) is 4.46. The van der Waals surface area contributed by atoms with Crippen molar-refractivity contribution >= 4 is 16.6 Å². The minimum absolute atomic E-state index is 0.0290. The summed E-state index contributed by atoms with van der Waals surface area (Å²) >= 11 is 0. The lowest BCUT2D eigenvalue weighted by atomic mass is 9.84. The van der Waals surface area contributed by atoms with Crippen molar-refractivity contribution in [2.45, 2.75) is 25.6 Å². The van der Waals surface area contributed by atoms with Gasteiger partial charge in [0.15, 0.2) is 12.0 Å². The van der Waals surface area contributed by atoms with Crippen LogP contribution in [0.2, 0.25) is 0 Å². The highest BCUT2D eigenvalue weighted by Gasteiger charge is 2.40. The number of aliphatic imine (C=N–C) groups is 1. The second-order valence-electron chi connectivity index (χ2n) is 6.58. The fourth-order valence-corrected chi connectivity index (χ4v) is 3.10. The lowest BCUT2D eigenvalue weighted by Crippen LogP contribution is -2.33. The predicted octanol–water partition coefficient (Wildman–Crippen LogP) is 4.55. The maximum absolute atomic E-state index is 14.8. The van der Waals surface area contributed by atoms with Crippen molar-refractivity contribution in [1.29, 1.82) is 0 Å². The maximum Gasteiger partial charge on any atom is 0.153 e. The van der Waals surface area contributed by atoms with Gasteiger partial charge in [0.1, 0.15) is 17.0 Å². The summed E-state index contributed by atoms with van der Waals surface area (Å²) in [5.74, 6) is -1.09. The Labute approximate surface area is 142 Å². The van der Waals surface area contributed by atoms with Gasteiger partial charge < -0.3 is 0 Å². The normalized spacial score (nSPS) is 18.8. The Bertz CT molecular complexity index is 1030. The molecule has 25 heavy (non-hydrogen) atoms. The van der Waals surface area contributed by atoms with Crippen molar-refractivity contribution < 1.29 is 13.2 Å². The van der Waals surface area contributed by atoms with E-state index in [4.69, 9.17) is 0 Å². The van der Waals surface area contributed by atoms with Crippen molar-refractivity contribution in [3.63, 3.8) is 0 Å². The highest BCUT2D eigenvalue weighted by molar-refractivity contribution is 6.14. The quantitative estimate of drug-likeness (QED) is 0.651. The van der Waals surface area contributed by atoms with Crippen molar-refractivity contribution in [3.05, 3.63) is 70.9 Å². The summed E-state index contributed by atoms with van der Waals surface area (Å²) in [6, 6.07) is 10.5. The highest BCUT2D eigenvalue weighted by Crippen LogP contribution is 2.41. The van der Waals surface area contributed by atoms with Crippen LogP contribution < -0.4 is 0 Å². The molecule has 1 aromatic heterocycles. The van der Waals surface area contributed by atoms with Gasteiger partial charge in [-0.1, -0.05) is 24.3 Å². The summed E-state index contributed by atoms with van der Waals surface area (Å²) in [5.41, 5.74) is 0.0144. The Balaban J connectivity index is 1.97. The number of nitrogens with zero attached hydrogens (tertiary/aromatic N) is 3. The summed E-state index contributed by atoms with van der Waals surface area (Å²) in [5, 5.41) is 8.52. The fraction of sp³-hybridized carbons (Fsp3) is 0.211. The number of rotatable bonds is 1. The highest BCUT2D eigenvalue weighted by atomic mass is 19.1. The zero-order valence-electron chi connectivity index (χ0n) is 13.6. The number of hydrogen-bond donors (Lipinski definition) is 0. The first-order chi connectivity index (χ1) is 11.9. The van der Waals surface area contributed by atoms with E-state index in [1.807, 2.05) is 0 Å². The number of hydrogen-bond acceptors (Lipinski definition) is 3. The molecule has 4 rings (SSSR count). The SMILES string of the molecule is CC1(C)N=C(c2cc3cccc(F)c3nn2)c2cccc(F)c2C1F. The second-order valence-corrected chi connectivity index (χ2v) is 6.58. The first-order valence-corrected chi connectivity index (χ1v) is 7.83. The molecule has 0 saturated carbocycles. The lowest BCUT2D eigenvalue weighted by molar-refractivity contribution is 0.215. The second kappa shape index (κ2) is 5.37. The van der Waals surface area contributed by atoms with Crippen LogP contribution in [0, 0.1) is 11.6 Å². The van der Waals surface area contributed by atoms with Crippen LogP contribution in [0.25, 0.3) is 10.9 Å². The molecule has 126 valence electrons. The molecule has 0 radical (unpaired) electrons. The first kappa shape index (κ1) is 15.7. The zero-order chi connectivity index (χ0) is 17.8. The monoisotopic (exact) mass is 341 g/mol. The molecule has 3 aromatic rings. The van der Waals surface area contributed by atoms with E-state index in [-0.39, 0.29) is 11.1 Å². The van der Waals surface area contributed by atoms with Crippen LogP contribution in [-0.4, -0.2) is 21.4 Å². The fourth-order valence-electron chi connectivity index (χ4n) is 3.10. The van der Waals surface area contributed by atoms with E-state index in [2.05, 4.69) is 15.2 Å². The minimum Gasteiger partial charge on any atom is -0.273 e. The van der Waals surface area contributed by atoms with E-state index in [1.54, 1.807) is 38.1 Å². The summed E-state index contributed by atoms with van der Waals surface area (Å²) in [7, 11) is 0. The van der Waals surface area contributed by atoms with Crippen molar-refractivity contribution in [2.75, 3.05) is 0 Å². The molecule has 0 aliphatic carbocycles. The molecule has 0 fully saturated rings. The Kier molecular flexibility index (Phi) is 3.39. The molecular formula is C19H14F3N3. The maximum atomic E-state index is 14.8. The Hall–Kier alpha value is -2.76. The van der Waals surface area contributed by atoms with Crippen LogP contribution in [-0.2, 0) is 0 Å². The number of halogens is 3. The Morgan fingerprint density at radius 1 is 0.960 bits per heavy atom. The molecule has 2 heterocycles. The van der Waals surface area contributed by atoms with Crippen LogP contribution in [0.5, 0.6) is 0 Å². The van der Waals surface area contributed by atoms with Crippen molar-refractivity contribution in [2.24, 2.45) is 4.99 Å². The molecule has 3 nitrogen and oxygen atoms in total. The number of benzene rings is 2. The summed E-state index contributed by atoms with van der Waals surface area (Å²) < 4.78 is 42.9. The van der Waals surface area contributed by atoms with Gasteiger partial charge in [0.25, 0.3) is 0 Å². The van der Waals surface area contributed by atoms with Crippen LogP contribution in [0.15, 0.2) is 47.5 Å². The number of aromatic nitrogens is 2. The molecule has 0 amide bonds. The van der Waals surface area contributed by atoms with Gasteiger partial charge in [-0.15, -0.1) is 10.2 Å². The van der Waals surface area contributed by atoms with Crippen LogP contribution in [0.3, 0.4) is 0 Å². The zero-order valence-corrected chi connectivity index (χ0v) is 13.6. The smallest absolute Gasteiger partial charge is 0.153 e. The molecule has 2 aromatic carbocycles. The Morgan fingerprint density at radius 2 is 1.68 bits per heavy atom. The van der Waals surface area contributed by atoms with E-state index in [9.17, 15) is 13.2 Å². The van der Waals surface area contributed by atoms with E-state index < -0.39 is 23.3 Å². The Morgan fingerprint density at radius 3 is 2.48 bits per heavy atom. The van der Waals surface area contributed by atoms with E-state index >= 15 is 0 Å². The van der Waals surface area contributed by atoms with Gasteiger partial charge in [-0.2, -0.15) is 0 Å². The lowest BCUT2D eigenvalue weighted by Gasteiger charge is -2.32. The summed E-state index contributed by atoms with van der Waals surface area (Å²) in [6.07, 6.45) is -1.57. The third-order valence-electron chi connectivity index (χ3n) is 4.39. The van der Waals surface area contributed by atoms with E-state index in [0.717, 1.165) is 0 Å². The molecule has 1 aliphatic heterocycles. The van der Waals surface area contributed by atoms with Gasteiger partial charge in [-0.3, -0.25) is 4.99 Å². The molecule has 6 heteroatoms. The molecular weight excluding hydrogens is 327 g/mol. The molecule has 0 N–H and O–H groups in total. The van der Waals surface area contributed by atoms with Gasteiger partial charge in [0, 0.05) is 16.5 Å². The molecule has 1 unspecified atom stereocenters. The van der Waals surface area contributed by atoms with Gasteiger partial charge in [0.05, 0.1) is 11.3 Å². The molecule has 0 spiro atoms. The standard InChI is InChI=1S/C19H14F3N3/c1-19(2)18(22)15-11(6-4-7-12(15)20)17(23-19)14-9-10-5-3-8-13(21)16(10)25-24-14/h3-9,18H,1-2H3. The van der Waals surface area contributed by atoms with Gasteiger partial charge >= 0.3 is 0 Å². The van der Waals surface area contributed by atoms with E-state index in [0.29, 0.717) is 22.4 Å². The third-order valence-corrected chi connectivity index (χ3v) is 4.39. The van der Waals surface area contributed by atoms with E-state index in [1.165, 1.54) is 18.2 Å². The summed E-state index contributed by atoms with van der Waals surface area (Å²) in [6.45, 7) is 3.20. The van der Waals surface area contributed by atoms with Gasteiger partial charge in [-0.05, 0) is 32.0 Å². The van der Waals surface area contributed by atoms with Crippen LogP contribution >= 0.6 is 0 Å². The number of alkyl halides is 1. The van der Waals surface area contributed by atoms with Crippen LogP contribution in [0.1, 0.15) is 36.8 Å². The average molecular weight is 341 g/mol. The largest absolute Gasteiger partial charge is 0.273 e. The topological polar surface area (TPSA) is 38.1 Å². The predicted molar refractivity (Wildman–Crippen MR) is 89.5 cm³/mol. The average Bonchev–Trinajstić information content (AvgIpc) is 2.58. The van der Waals surface area contributed by atoms with Crippen LogP contribution in [0.4, 0.5) is 13.2 Å². The molecule has 0 saturated heterocycles. The molecule has 1 atom stereocenters. The van der Waals surface area contributed by atoms with Crippen molar-refractivity contribution in [1.82, 2.24) is 10.2 Å². The minimum atomic E-state index is -1.57. The van der Waals surface area contributed by atoms with Crippen molar-refractivity contribution in [3.8, 4) is 0 Å². The third kappa shape index (κ3) is 2.40. The number of fused-ring (bicyclic) bond motifs is 2.